The third kappa shape index (κ3) is 2.69. The lowest BCUT2D eigenvalue weighted by Gasteiger charge is -2.34. The van der Waals surface area contributed by atoms with Crippen LogP contribution in [0.25, 0.3) is 0 Å². The fourth-order valence-corrected chi connectivity index (χ4v) is 2.17. The van der Waals surface area contributed by atoms with Crippen molar-refractivity contribution in [2.75, 3.05) is 13.1 Å². The van der Waals surface area contributed by atoms with Crippen LogP contribution in [0.15, 0.2) is 0 Å². The van der Waals surface area contributed by atoms with E-state index in [0.29, 0.717) is 6.04 Å². The number of aliphatic carboxylic acids is 1. The van der Waals surface area contributed by atoms with Crippen molar-refractivity contribution in [3.05, 3.63) is 0 Å². The molecule has 0 spiro atoms. The molecule has 0 aromatic rings. The van der Waals surface area contributed by atoms with Gasteiger partial charge in [0.15, 0.2) is 0 Å². The van der Waals surface area contributed by atoms with E-state index in [2.05, 4.69) is 25.7 Å². The zero-order valence-corrected chi connectivity index (χ0v) is 8.71. The number of likely N-dealkylation sites (tertiary alicyclic amines) is 1. The number of rotatable bonds is 2. The SMILES string of the molecule is CC(C)(C)C1CCCN1CC(=O)O. The van der Waals surface area contributed by atoms with E-state index in [4.69, 9.17) is 5.11 Å². The molecule has 1 unspecified atom stereocenters. The Kier molecular flexibility index (Phi) is 2.96. The van der Waals surface area contributed by atoms with Gasteiger partial charge in [0.25, 0.3) is 0 Å². The molecule has 3 heteroatoms. The van der Waals surface area contributed by atoms with E-state index < -0.39 is 5.97 Å². The van der Waals surface area contributed by atoms with Gasteiger partial charge in [-0.15, -0.1) is 0 Å². The Morgan fingerprint density at radius 1 is 1.54 bits per heavy atom. The van der Waals surface area contributed by atoms with E-state index in [9.17, 15) is 4.79 Å². The first-order valence-electron chi connectivity index (χ1n) is 4.87. The third-order valence-corrected chi connectivity index (χ3v) is 2.70. The van der Waals surface area contributed by atoms with Gasteiger partial charge in [0.1, 0.15) is 0 Å². The summed E-state index contributed by atoms with van der Waals surface area (Å²) >= 11 is 0. The van der Waals surface area contributed by atoms with E-state index in [1.807, 2.05) is 0 Å². The zero-order valence-electron chi connectivity index (χ0n) is 8.71. The van der Waals surface area contributed by atoms with Crippen LogP contribution < -0.4 is 0 Å². The van der Waals surface area contributed by atoms with Gasteiger partial charge in [0, 0.05) is 6.04 Å². The average molecular weight is 185 g/mol. The fraction of sp³-hybridized carbons (Fsp3) is 0.900. The minimum atomic E-state index is -0.712. The molecule has 0 amide bonds. The first-order valence-corrected chi connectivity index (χ1v) is 4.87. The lowest BCUT2D eigenvalue weighted by molar-refractivity contribution is -0.139. The lowest BCUT2D eigenvalue weighted by Crippen LogP contribution is -2.41. The highest BCUT2D eigenvalue weighted by molar-refractivity contribution is 5.69. The Morgan fingerprint density at radius 2 is 2.15 bits per heavy atom. The molecule has 1 rings (SSSR count). The van der Waals surface area contributed by atoms with Crippen LogP contribution in [0.3, 0.4) is 0 Å². The van der Waals surface area contributed by atoms with Crippen LogP contribution in [0, 0.1) is 5.41 Å². The van der Waals surface area contributed by atoms with Crippen LogP contribution in [0.5, 0.6) is 0 Å². The largest absolute Gasteiger partial charge is 0.480 e. The highest BCUT2D eigenvalue weighted by atomic mass is 16.4. The van der Waals surface area contributed by atoms with E-state index >= 15 is 0 Å². The summed E-state index contributed by atoms with van der Waals surface area (Å²) < 4.78 is 0. The molecule has 3 nitrogen and oxygen atoms in total. The predicted molar refractivity (Wildman–Crippen MR) is 51.7 cm³/mol. The fourth-order valence-electron chi connectivity index (χ4n) is 2.17. The highest BCUT2D eigenvalue weighted by Crippen LogP contribution is 2.32. The summed E-state index contributed by atoms with van der Waals surface area (Å²) in [6.07, 6.45) is 2.27. The first kappa shape index (κ1) is 10.5. The van der Waals surface area contributed by atoms with Crippen molar-refractivity contribution < 1.29 is 9.90 Å². The Balaban J connectivity index is 2.59. The predicted octanol–water partition coefficient (Wildman–Crippen LogP) is 1.58. The molecular weight excluding hydrogens is 166 g/mol. The highest BCUT2D eigenvalue weighted by Gasteiger charge is 2.34. The summed E-state index contributed by atoms with van der Waals surface area (Å²) in [5.41, 5.74) is 0.200. The van der Waals surface area contributed by atoms with Crippen LogP contribution >= 0.6 is 0 Å². The van der Waals surface area contributed by atoms with Crippen LogP contribution in [0.4, 0.5) is 0 Å². The summed E-state index contributed by atoms with van der Waals surface area (Å²) in [6.45, 7) is 7.67. The Bertz CT molecular complexity index is 196. The molecule has 1 fully saturated rings. The molecule has 0 aromatic heterocycles. The number of carboxylic acid groups (broad SMARTS) is 1. The van der Waals surface area contributed by atoms with Gasteiger partial charge in [0.05, 0.1) is 6.54 Å². The molecule has 0 aliphatic carbocycles. The second-order valence-corrected chi connectivity index (χ2v) is 4.89. The second kappa shape index (κ2) is 3.66. The molecule has 1 N–H and O–H groups in total. The molecule has 0 aromatic carbocycles. The van der Waals surface area contributed by atoms with Crippen LogP contribution in [0.1, 0.15) is 33.6 Å². The molecule has 76 valence electrons. The normalized spacial score (nSPS) is 25.0. The minimum absolute atomic E-state index is 0.196. The smallest absolute Gasteiger partial charge is 0.317 e. The second-order valence-electron chi connectivity index (χ2n) is 4.89. The van der Waals surface area contributed by atoms with Crippen molar-refractivity contribution in [1.29, 1.82) is 0 Å². The first-order chi connectivity index (χ1) is 5.91. The number of carbonyl (C=O) groups is 1. The van der Waals surface area contributed by atoms with Crippen molar-refractivity contribution in [2.45, 2.75) is 39.7 Å². The maximum atomic E-state index is 10.6. The van der Waals surface area contributed by atoms with Crippen molar-refractivity contribution in [3.63, 3.8) is 0 Å². The van der Waals surface area contributed by atoms with Gasteiger partial charge < -0.3 is 5.11 Å². The van der Waals surface area contributed by atoms with E-state index in [0.717, 1.165) is 19.4 Å². The van der Waals surface area contributed by atoms with Gasteiger partial charge in [-0.25, -0.2) is 0 Å². The Hall–Kier alpha value is -0.570. The number of nitrogens with zero attached hydrogens (tertiary/aromatic N) is 1. The Labute approximate surface area is 79.7 Å². The summed E-state index contributed by atoms with van der Waals surface area (Å²) in [5, 5.41) is 8.72. The van der Waals surface area contributed by atoms with Gasteiger partial charge in [-0.1, -0.05) is 20.8 Å². The van der Waals surface area contributed by atoms with Crippen molar-refractivity contribution in [3.8, 4) is 0 Å². The molecule has 1 atom stereocenters. The summed E-state index contributed by atoms with van der Waals surface area (Å²) in [6, 6.07) is 0.434. The summed E-state index contributed by atoms with van der Waals surface area (Å²) in [4.78, 5) is 12.7. The number of hydrogen-bond acceptors (Lipinski definition) is 2. The van der Waals surface area contributed by atoms with Crippen molar-refractivity contribution in [1.82, 2.24) is 4.90 Å². The third-order valence-electron chi connectivity index (χ3n) is 2.70. The molecule has 13 heavy (non-hydrogen) atoms. The number of carboxylic acids is 1. The molecule has 1 heterocycles. The molecular formula is C10H19NO2. The molecule has 0 bridgehead atoms. The minimum Gasteiger partial charge on any atom is -0.480 e. The Morgan fingerprint density at radius 3 is 2.62 bits per heavy atom. The van der Waals surface area contributed by atoms with Gasteiger partial charge in [0.2, 0.25) is 0 Å². The number of hydrogen-bond donors (Lipinski definition) is 1. The van der Waals surface area contributed by atoms with E-state index in [1.165, 1.54) is 0 Å². The van der Waals surface area contributed by atoms with Gasteiger partial charge in [-0.05, 0) is 24.8 Å². The molecule has 1 saturated heterocycles. The van der Waals surface area contributed by atoms with Gasteiger partial charge in [-0.3, -0.25) is 9.69 Å². The van der Waals surface area contributed by atoms with Crippen LogP contribution in [0.2, 0.25) is 0 Å². The molecule has 0 radical (unpaired) electrons. The quantitative estimate of drug-likeness (QED) is 0.710. The maximum Gasteiger partial charge on any atom is 0.317 e. The van der Waals surface area contributed by atoms with Crippen molar-refractivity contribution in [2.24, 2.45) is 5.41 Å². The van der Waals surface area contributed by atoms with Gasteiger partial charge in [-0.2, -0.15) is 0 Å². The van der Waals surface area contributed by atoms with Gasteiger partial charge >= 0.3 is 5.97 Å². The molecule has 1 aliphatic rings. The lowest BCUT2D eigenvalue weighted by atomic mass is 9.85. The molecule has 1 aliphatic heterocycles. The standard InChI is InChI=1S/C10H19NO2/c1-10(2,3)8-5-4-6-11(8)7-9(12)13/h8H,4-7H2,1-3H3,(H,12,13). The average Bonchev–Trinajstić information content (AvgIpc) is 2.31. The summed E-state index contributed by atoms with van der Waals surface area (Å²) in [5.74, 6) is -0.712. The van der Waals surface area contributed by atoms with E-state index in [-0.39, 0.29) is 12.0 Å². The molecule has 0 saturated carbocycles. The van der Waals surface area contributed by atoms with E-state index in [1.54, 1.807) is 0 Å². The monoisotopic (exact) mass is 185 g/mol. The van der Waals surface area contributed by atoms with Crippen LogP contribution in [-0.2, 0) is 4.79 Å². The topological polar surface area (TPSA) is 40.5 Å². The maximum absolute atomic E-state index is 10.6. The van der Waals surface area contributed by atoms with Crippen LogP contribution in [-0.4, -0.2) is 35.1 Å². The van der Waals surface area contributed by atoms with Crippen molar-refractivity contribution >= 4 is 5.97 Å². The zero-order chi connectivity index (χ0) is 10.1. The summed E-state index contributed by atoms with van der Waals surface area (Å²) in [7, 11) is 0.